The quantitative estimate of drug-likeness (QED) is 0.898. The number of hydrogen-bond acceptors (Lipinski definition) is 4. The number of carbonyl (C=O) groups is 1. The summed E-state index contributed by atoms with van der Waals surface area (Å²) in [6, 6.07) is 5.78. The van der Waals surface area contributed by atoms with Crippen LogP contribution in [0.15, 0.2) is 18.2 Å². The van der Waals surface area contributed by atoms with E-state index in [4.69, 9.17) is 14.6 Å². The number of aliphatic hydroxyl groups excluding tert-OH is 1. The van der Waals surface area contributed by atoms with Gasteiger partial charge in [-0.15, -0.1) is 0 Å². The fourth-order valence-corrected chi connectivity index (χ4v) is 2.93. The average molecular weight is 293 g/mol. The van der Waals surface area contributed by atoms with Gasteiger partial charge in [-0.25, -0.2) is 0 Å². The predicted octanol–water partition coefficient (Wildman–Crippen LogP) is 1.71. The van der Waals surface area contributed by atoms with Gasteiger partial charge in [0.25, 0.3) is 0 Å². The maximum atomic E-state index is 12.5. The molecule has 0 heterocycles. The summed E-state index contributed by atoms with van der Waals surface area (Å²) in [6.45, 7) is 0.333. The third kappa shape index (κ3) is 3.19. The van der Waals surface area contributed by atoms with Crippen molar-refractivity contribution in [2.45, 2.75) is 24.9 Å². The zero-order valence-corrected chi connectivity index (χ0v) is 12.8. The normalized spacial score (nSPS) is 20.8. The summed E-state index contributed by atoms with van der Waals surface area (Å²) in [5.41, 5.74) is 2.03. The number of aliphatic hydroxyl groups is 1. The summed E-state index contributed by atoms with van der Waals surface area (Å²) in [5.74, 6) is 0.645. The highest BCUT2D eigenvalue weighted by atomic mass is 16.5. The molecule has 1 aromatic rings. The van der Waals surface area contributed by atoms with Crippen molar-refractivity contribution >= 4 is 5.91 Å². The molecule has 0 aliphatic heterocycles. The molecule has 0 fully saturated rings. The molecule has 0 bridgehead atoms. The summed E-state index contributed by atoms with van der Waals surface area (Å²) in [5, 5.41) is 9.00. The molecule has 2 rings (SSSR count). The smallest absolute Gasteiger partial charge is 0.229 e. The highest BCUT2D eigenvalue weighted by Gasteiger charge is 2.33. The maximum Gasteiger partial charge on any atom is 0.229 e. The molecule has 0 radical (unpaired) electrons. The minimum Gasteiger partial charge on any atom is -0.497 e. The number of hydrogen-bond donors (Lipinski definition) is 1. The fraction of sp³-hybridized carbons (Fsp3) is 0.562. The van der Waals surface area contributed by atoms with Crippen LogP contribution < -0.4 is 4.74 Å². The van der Waals surface area contributed by atoms with Crippen LogP contribution in [0.2, 0.25) is 0 Å². The first-order valence-corrected chi connectivity index (χ1v) is 7.18. The summed E-state index contributed by atoms with van der Waals surface area (Å²) in [7, 11) is 5.04. The lowest BCUT2D eigenvalue weighted by molar-refractivity contribution is -0.132. The van der Waals surface area contributed by atoms with E-state index >= 15 is 0 Å². The highest BCUT2D eigenvalue weighted by Crippen LogP contribution is 2.41. The molecule has 5 heteroatoms. The lowest BCUT2D eigenvalue weighted by atomic mass is 9.80. The fourth-order valence-electron chi connectivity index (χ4n) is 2.93. The summed E-state index contributed by atoms with van der Waals surface area (Å²) in [4.78, 5) is 14.1. The summed E-state index contributed by atoms with van der Waals surface area (Å²) >= 11 is 0. The first kappa shape index (κ1) is 15.8. The van der Waals surface area contributed by atoms with Crippen LogP contribution in [0.3, 0.4) is 0 Å². The van der Waals surface area contributed by atoms with E-state index in [1.165, 1.54) is 0 Å². The van der Waals surface area contributed by atoms with Gasteiger partial charge in [0.05, 0.1) is 25.7 Å². The second kappa shape index (κ2) is 6.91. The van der Waals surface area contributed by atoms with Gasteiger partial charge in [-0.1, -0.05) is 6.07 Å². The molecule has 1 aliphatic rings. The van der Waals surface area contributed by atoms with Gasteiger partial charge in [0.1, 0.15) is 5.75 Å². The van der Waals surface area contributed by atoms with E-state index < -0.39 is 0 Å². The molecule has 21 heavy (non-hydrogen) atoms. The summed E-state index contributed by atoms with van der Waals surface area (Å²) in [6.07, 6.45) is 1.56. The second-order valence-corrected chi connectivity index (χ2v) is 5.33. The number of benzene rings is 1. The second-order valence-electron chi connectivity index (χ2n) is 5.33. The predicted molar refractivity (Wildman–Crippen MR) is 79.4 cm³/mol. The third-order valence-electron chi connectivity index (χ3n) is 4.13. The zero-order valence-electron chi connectivity index (χ0n) is 12.8. The van der Waals surface area contributed by atoms with E-state index in [2.05, 4.69) is 0 Å². The average Bonchev–Trinajstić information content (AvgIpc) is 2.52. The Balaban J connectivity index is 2.33. The molecule has 2 unspecified atom stereocenters. The number of fused-ring (bicyclic) bond motifs is 1. The van der Waals surface area contributed by atoms with Crippen LogP contribution >= 0.6 is 0 Å². The van der Waals surface area contributed by atoms with Crippen molar-refractivity contribution < 1.29 is 19.4 Å². The first-order valence-electron chi connectivity index (χ1n) is 7.18. The molecule has 1 N–H and O–H groups in total. The molecule has 116 valence electrons. The molecule has 1 aromatic carbocycles. The minimum absolute atomic E-state index is 0.00213. The Morgan fingerprint density at radius 2 is 2.10 bits per heavy atom. The molecule has 0 saturated heterocycles. The number of methoxy groups -OCH3 is 2. The van der Waals surface area contributed by atoms with Gasteiger partial charge >= 0.3 is 0 Å². The molecular weight excluding hydrogens is 270 g/mol. The molecule has 0 aromatic heterocycles. The number of rotatable bonds is 5. The SMILES string of the molecule is COc1ccc2c(c1)C(OC)CCC2C(=O)N(C)CCO. The Morgan fingerprint density at radius 3 is 2.71 bits per heavy atom. The van der Waals surface area contributed by atoms with E-state index in [1.54, 1.807) is 26.2 Å². The van der Waals surface area contributed by atoms with Crippen LogP contribution in [-0.4, -0.2) is 50.3 Å². The van der Waals surface area contributed by atoms with Gasteiger partial charge in [-0.2, -0.15) is 0 Å². The monoisotopic (exact) mass is 293 g/mol. The number of nitrogens with zero attached hydrogens (tertiary/aromatic N) is 1. The molecule has 2 atom stereocenters. The number of likely N-dealkylation sites (N-methyl/N-ethyl adjacent to an activating group) is 1. The Bertz CT molecular complexity index is 503. The molecule has 1 amide bonds. The van der Waals surface area contributed by atoms with E-state index in [1.807, 2.05) is 18.2 Å². The van der Waals surface area contributed by atoms with Crippen molar-refractivity contribution in [3.8, 4) is 5.75 Å². The van der Waals surface area contributed by atoms with Gasteiger partial charge in [0.2, 0.25) is 5.91 Å². The van der Waals surface area contributed by atoms with E-state index in [9.17, 15) is 4.79 Å². The topological polar surface area (TPSA) is 59.0 Å². The van der Waals surface area contributed by atoms with Crippen LogP contribution in [0.5, 0.6) is 5.75 Å². The molecule has 5 nitrogen and oxygen atoms in total. The van der Waals surface area contributed by atoms with Gasteiger partial charge in [-0.05, 0) is 36.1 Å². The third-order valence-corrected chi connectivity index (χ3v) is 4.13. The van der Waals surface area contributed by atoms with Crippen molar-refractivity contribution in [2.75, 3.05) is 34.4 Å². The molecule has 0 spiro atoms. The van der Waals surface area contributed by atoms with Crippen LogP contribution in [0.25, 0.3) is 0 Å². The first-order chi connectivity index (χ1) is 10.1. The van der Waals surface area contributed by atoms with Crippen molar-refractivity contribution in [3.05, 3.63) is 29.3 Å². The van der Waals surface area contributed by atoms with Crippen molar-refractivity contribution in [2.24, 2.45) is 0 Å². The summed E-state index contributed by atoms with van der Waals surface area (Å²) < 4.78 is 10.8. The van der Waals surface area contributed by atoms with E-state index in [-0.39, 0.29) is 24.5 Å². The highest BCUT2D eigenvalue weighted by molar-refractivity contribution is 5.84. The van der Waals surface area contributed by atoms with Gasteiger partial charge < -0.3 is 19.5 Å². The van der Waals surface area contributed by atoms with Crippen LogP contribution in [-0.2, 0) is 9.53 Å². The Labute approximate surface area is 125 Å². The van der Waals surface area contributed by atoms with E-state index in [0.29, 0.717) is 6.54 Å². The number of carbonyl (C=O) groups excluding carboxylic acids is 1. The lowest BCUT2D eigenvalue weighted by Gasteiger charge is -2.32. The van der Waals surface area contributed by atoms with E-state index in [0.717, 1.165) is 29.7 Å². The van der Waals surface area contributed by atoms with Crippen LogP contribution in [0.1, 0.15) is 36.0 Å². The zero-order chi connectivity index (χ0) is 15.4. The Morgan fingerprint density at radius 1 is 1.33 bits per heavy atom. The minimum atomic E-state index is -0.172. The van der Waals surface area contributed by atoms with Gasteiger partial charge in [0, 0.05) is 20.7 Å². The molecule has 0 saturated carbocycles. The Hall–Kier alpha value is -1.59. The van der Waals surface area contributed by atoms with Crippen LogP contribution in [0, 0.1) is 0 Å². The molecular formula is C16H23NO4. The maximum absolute atomic E-state index is 12.5. The Kier molecular flexibility index (Phi) is 5.20. The van der Waals surface area contributed by atoms with Gasteiger partial charge in [0.15, 0.2) is 0 Å². The number of amides is 1. The standard InChI is InChI=1S/C16H23NO4/c1-17(8-9-18)16(19)13-6-7-15(21-3)14-10-11(20-2)4-5-12(13)14/h4-5,10,13,15,18H,6-9H2,1-3H3. The lowest BCUT2D eigenvalue weighted by Crippen LogP contribution is -2.35. The number of ether oxygens (including phenoxy) is 2. The van der Waals surface area contributed by atoms with Crippen molar-refractivity contribution in [1.82, 2.24) is 4.90 Å². The molecule has 1 aliphatic carbocycles. The van der Waals surface area contributed by atoms with Gasteiger partial charge in [-0.3, -0.25) is 4.79 Å². The van der Waals surface area contributed by atoms with Crippen LogP contribution in [0.4, 0.5) is 0 Å². The van der Waals surface area contributed by atoms with Crippen molar-refractivity contribution in [1.29, 1.82) is 0 Å². The van der Waals surface area contributed by atoms with Crippen molar-refractivity contribution in [3.63, 3.8) is 0 Å². The largest absolute Gasteiger partial charge is 0.497 e.